The summed E-state index contributed by atoms with van der Waals surface area (Å²) in [4.78, 5) is 0. The predicted molar refractivity (Wildman–Crippen MR) is 129 cm³/mol. The highest BCUT2D eigenvalue weighted by Gasteiger charge is 2.23. The van der Waals surface area contributed by atoms with Crippen LogP contribution in [-0.4, -0.2) is 0 Å². The highest BCUT2D eigenvalue weighted by molar-refractivity contribution is 6.13. The lowest BCUT2D eigenvalue weighted by Crippen LogP contribution is -2.31. The van der Waals surface area contributed by atoms with E-state index in [4.69, 9.17) is 4.42 Å². The summed E-state index contributed by atoms with van der Waals surface area (Å²) in [6.07, 6.45) is 2.20. The Morgan fingerprint density at radius 3 is 2.19 bits per heavy atom. The smallest absolute Gasteiger partial charge is 0.216 e. The molecule has 156 valence electrons. The molecule has 3 aromatic carbocycles. The lowest BCUT2D eigenvalue weighted by atomic mass is 9.96. The average molecular weight is 418 g/mol. The molecular weight excluding hydrogens is 392 g/mol. The van der Waals surface area contributed by atoms with Gasteiger partial charge in [0.2, 0.25) is 5.69 Å². The fraction of sp³-hybridized carbons (Fsp3) is 0.172. The summed E-state index contributed by atoms with van der Waals surface area (Å²) in [5, 5.41) is 11.9. The van der Waals surface area contributed by atoms with Crippen LogP contribution in [0, 0.1) is 18.3 Å². The van der Waals surface area contributed by atoms with E-state index in [-0.39, 0.29) is 0 Å². The molecule has 0 aliphatic carbocycles. The zero-order chi connectivity index (χ0) is 22.4. The molecule has 0 amide bonds. The molecule has 5 aromatic rings. The monoisotopic (exact) mass is 417 g/mol. The van der Waals surface area contributed by atoms with Crippen LogP contribution in [0.25, 0.3) is 44.3 Å². The van der Waals surface area contributed by atoms with Gasteiger partial charge in [-0.05, 0) is 42.2 Å². The van der Waals surface area contributed by atoms with E-state index >= 15 is 0 Å². The predicted octanol–water partition coefficient (Wildman–Crippen LogP) is 7.05. The number of nitrogens with zero attached hydrogens (tertiary/aromatic N) is 2. The molecule has 0 bridgehead atoms. The summed E-state index contributed by atoms with van der Waals surface area (Å²) in [5.74, 6) is 0.469. The Bertz CT molecular complexity index is 1520. The maximum absolute atomic E-state index is 9.80. The van der Waals surface area contributed by atoms with Crippen molar-refractivity contribution < 1.29 is 8.98 Å². The molecule has 0 unspecified atom stereocenters. The van der Waals surface area contributed by atoms with Gasteiger partial charge < -0.3 is 4.42 Å². The third kappa shape index (κ3) is 3.08. The highest BCUT2D eigenvalue weighted by atomic mass is 16.3. The Hall–Kier alpha value is -3.90. The van der Waals surface area contributed by atoms with E-state index in [2.05, 4.69) is 68.9 Å². The summed E-state index contributed by atoms with van der Waals surface area (Å²) in [6, 6.07) is 24.9. The molecule has 3 nitrogen and oxygen atoms in total. The Morgan fingerprint density at radius 2 is 1.53 bits per heavy atom. The minimum Gasteiger partial charge on any atom is -0.454 e. The van der Waals surface area contributed by atoms with Gasteiger partial charge >= 0.3 is 0 Å². The summed E-state index contributed by atoms with van der Waals surface area (Å²) in [7, 11) is 2.09. The average Bonchev–Trinajstić information content (AvgIpc) is 3.17. The van der Waals surface area contributed by atoms with Gasteiger partial charge in [-0.2, -0.15) is 5.26 Å². The van der Waals surface area contributed by atoms with Crippen LogP contribution in [0.15, 0.2) is 77.3 Å². The van der Waals surface area contributed by atoms with Gasteiger partial charge in [0.05, 0.1) is 17.2 Å². The zero-order valence-corrected chi connectivity index (χ0v) is 18.8. The standard InChI is InChI=1S/C29H25N2O/c1-18(2)22-12-15-25(31(4)17-22)26-19(3)10-13-23-24-14-11-21(16-30)27(29(24)32-28(23)26)20-8-6-5-7-9-20/h5-15,17-18H,1-4H3/q+1. The summed E-state index contributed by atoms with van der Waals surface area (Å²) in [5.41, 5.74) is 8.74. The van der Waals surface area contributed by atoms with Gasteiger partial charge in [0, 0.05) is 28.0 Å². The number of benzene rings is 3. The molecule has 0 aliphatic heterocycles. The van der Waals surface area contributed by atoms with Crippen molar-refractivity contribution in [1.29, 1.82) is 5.26 Å². The molecule has 2 heterocycles. The topological polar surface area (TPSA) is 40.8 Å². The van der Waals surface area contributed by atoms with Crippen molar-refractivity contribution in [2.75, 3.05) is 0 Å². The van der Waals surface area contributed by atoms with E-state index in [9.17, 15) is 5.26 Å². The molecule has 5 rings (SSSR count). The Kier molecular flexibility index (Phi) is 4.79. The van der Waals surface area contributed by atoms with Crippen molar-refractivity contribution in [1.82, 2.24) is 0 Å². The summed E-state index contributed by atoms with van der Waals surface area (Å²) < 4.78 is 8.80. The molecule has 3 heteroatoms. The van der Waals surface area contributed by atoms with Crippen molar-refractivity contribution in [3.05, 3.63) is 89.6 Å². The van der Waals surface area contributed by atoms with E-state index in [1.807, 2.05) is 42.5 Å². The van der Waals surface area contributed by atoms with Gasteiger partial charge in [0.25, 0.3) is 0 Å². The van der Waals surface area contributed by atoms with Gasteiger partial charge in [-0.3, -0.25) is 0 Å². The van der Waals surface area contributed by atoms with Crippen molar-refractivity contribution in [2.24, 2.45) is 7.05 Å². The lowest BCUT2D eigenvalue weighted by Gasteiger charge is -2.08. The van der Waals surface area contributed by atoms with Crippen molar-refractivity contribution in [2.45, 2.75) is 26.7 Å². The molecule has 0 aliphatic rings. The molecular formula is C29H25N2O+. The first kappa shape index (κ1) is 20.0. The Labute approximate surface area is 188 Å². The molecule has 0 fully saturated rings. The molecule has 0 radical (unpaired) electrons. The third-order valence-corrected chi connectivity index (χ3v) is 6.28. The number of hydrogen-bond donors (Lipinski definition) is 0. The van der Waals surface area contributed by atoms with Gasteiger partial charge in [-0.1, -0.05) is 56.3 Å². The SMILES string of the molecule is Cc1ccc2c(oc3c(-c4ccccc4)c(C#N)ccc32)c1-c1ccc(C(C)C)c[n+]1C. The number of nitriles is 1. The molecule has 0 saturated carbocycles. The molecule has 0 atom stereocenters. The van der Waals surface area contributed by atoms with E-state index in [0.29, 0.717) is 11.5 Å². The second-order valence-corrected chi connectivity index (χ2v) is 8.69. The van der Waals surface area contributed by atoms with Crippen LogP contribution in [0.2, 0.25) is 0 Å². The first-order chi connectivity index (χ1) is 15.5. The number of aromatic nitrogens is 1. The lowest BCUT2D eigenvalue weighted by molar-refractivity contribution is -0.660. The van der Waals surface area contributed by atoms with Crippen LogP contribution >= 0.6 is 0 Å². The molecule has 32 heavy (non-hydrogen) atoms. The maximum atomic E-state index is 9.80. The second kappa shape index (κ2) is 7.66. The molecule has 0 spiro atoms. The van der Waals surface area contributed by atoms with Gasteiger partial charge in [-0.25, -0.2) is 4.57 Å². The fourth-order valence-corrected chi connectivity index (χ4v) is 4.54. The number of hydrogen-bond acceptors (Lipinski definition) is 2. The number of fused-ring (bicyclic) bond motifs is 3. The number of rotatable bonds is 3. The van der Waals surface area contributed by atoms with Crippen LogP contribution in [0.4, 0.5) is 0 Å². The van der Waals surface area contributed by atoms with Gasteiger partial charge in [0.15, 0.2) is 6.20 Å². The normalized spacial score (nSPS) is 11.4. The molecule has 0 saturated heterocycles. The minimum absolute atomic E-state index is 0.469. The van der Waals surface area contributed by atoms with Crippen molar-refractivity contribution >= 4 is 21.9 Å². The first-order valence-electron chi connectivity index (χ1n) is 10.9. The summed E-state index contributed by atoms with van der Waals surface area (Å²) in [6.45, 7) is 6.54. The van der Waals surface area contributed by atoms with Gasteiger partial charge in [-0.15, -0.1) is 0 Å². The Balaban J connectivity index is 1.86. The number of furan rings is 1. The fourth-order valence-electron chi connectivity index (χ4n) is 4.54. The molecule has 0 N–H and O–H groups in total. The van der Waals surface area contributed by atoms with Crippen LogP contribution in [0.3, 0.4) is 0 Å². The zero-order valence-electron chi connectivity index (χ0n) is 18.8. The second-order valence-electron chi connectivity index (χ2n) is 8.69. The van der Waals surface area contributed by atoms with E-state index < -0.39 is 0 Å². The third-order valence-electron chi connectivity index (χ3n) is 6.28. The van der Waals surface area contributed by atoms with Crippen LogP contribution in [0.1, 0.15) is 36.5 Å². The largest absolute Gasteiger partial charge is 0.454 e. The molecule has 2 aromatic heterocycles. The van der Waals surface area contributed by atoms with Crippen LogP contribution < -0.4 is 4.57 Å². The van der Waals surface area contributed by atoms with Gasteiger partial charge in [0.1, 0.15) is 18.2 Å². The van der Waals surface area contributed by atoms with E-state index in [0.717, 1.165) is 49.9 Å². The number of pyridine rings is 1. The van der Waals surface area contributed by atoms with E-state index in [1.54, 1.807) is 0 Å². The Morgan fingerprint density at radius 1 is 0.844 bits per heavy atom. The van der Waals surface area contributed by atoms with E-state index in [1.165, 1.54) is 5.56 Å². The van der Waals surface area contributed by atoms with Crippen LogP contribution in [0.5, 0.6) is 0 Å². The quantitative estimate of drug-likeness (QED) is 0.295. The van der Waals surface area contributed by atoms with Crippen molar-refractivity contribution in [3.8, 4) is 28.5 Å². The van der Waals surface area contributed by atoms with Crippen LogP contribution in [-0.2, 0) is 7.05 Å². The van der Waals surface area contributed by atoms with Crippen molar-refractivity contribution in [3.63, 3.8) is 0 Å². The number of aryl methyl sites for hydroxylation is 2. The summed E-state index contributed by atoms with van der Waals surface area (Å²) >= 11 is 0. The minimum atomic E-state index is 0.469. The highest BCUT2D eigenvalue weighted by Crippen LogP contribution is 2.41. The maximum Gasteiger partial charge on any atom is 0.216 e. The first-order valence-corrected chi connectivity index (χ1v) is 10.9.